The minimum Gasteiger partial charge on any atom is -0.454 e. The first-order valence-corrected chi connectivity index (χ1v) is 10.3. The molecule has 0 radical (unpaired) electrons. The van der Waals surface area contributed by atoms with E-state index in [1.54, 1.807) is 6.07 Å². The zero-order valence-electron chi connectivity index (χ0n) is 17.6. The maximum absolute atomic E-state index is 12.8. The highest BCUT2D eigenvalue weighted by molar-refractivity contribution is 5.79. The number of hydrogen-bond donors (Lipinski definition) is 2. The predicted octanol–water partition coefficient (Wildman–Crippen LogP) is 2.75. The molecular formula is C21H24F2N6O3. The molecule has 9 nitrogen and oxygen atoms in total. The summed E-state index contributed by atoms with van der Waals surface area (Å²) in [7, 11) is 0. The minimum absolute atomic E-state index is 0.0162. The SMILES string of the molecule is CCNC(=NCc1cc2c(cc1OC(F)F)OCO2)NCCCc1nnc2ccccn12. The van der Waals surface area contributed by atoms with Crippen LogP contribution in [0.5, 0.6) is 17.2 Å². The van der Waals surface area contributed by atoms with Gasteiger partial charge in [-0.1, -0.05) is 6.07 Å². The van der Waals surface area contributed by atoms with Crippen molar-refractivity contribution in [3.8, 4) is 17.2 Å². The lowest BCUT2D eigenvalue weighted by atomic mass is 10.1. The van der Waals surface area contributed by atoms with E-state index < -0.39 is 6.61 Å². The van der Waals surface area contributed by atoms with Gasteiger partial charge in [0.15, 0.2) is 23.1 Å². The number of nitrogens with zero attached hydrogens (tertiary/aromatic N) is 4. The minimum atomic E-state index is -2.95. The van der Waals surface area contributed by atoms with Crippen molar-refractivity contribution in [2.75, 3.05) is 19.9 Å². The standard InChI is InChI=1S/C21H24F2N6O3/c1-2-24-21(25-8-5-7-19-28-27-18-6-3-4-9-29(18)19)26-12-14-10-16-17(31-13-30-16)11-15(14)32-20(22)23/h3-4,6,9-11,20H,2,5,7-8,12-13H2,1H3,(H2,24,25,26). The number of benzene rings is 1. The number of halogens is 2. The number of ether oxygens (including phenoxy) is 3. The molecule has 0 aliphatic carbocycles. The van der Waals surface area contributed by atoms with Crippen LogP contribution in [0.1, 0.15) is 24.7 Å². The van der Waals surface area contributed by atoms with E-state index >= 15 is 0 Å². The van der Waals surface area contributed by atoms with E-state index in [4.69, 9.17) is 9.47 Å². The number of rotatable bonds is 9. The number of pyridine rings is 1. The number of aromatic nitrogens is 3. The lowest BCUT2D eigenvalue weighted by molar-refractivity contribution is -0.0505. The van der Waals surface area contributed by atoms with Crippen LogP contribution in [0.2, 0.25) is 0 Å². The van der Waals surface area contributed by atoms with Crippen molar-refractivity contribution in [3.05, 3.63) is 47.9 Å². The first kappa shape index (κ1) is 21.6. The Morgan fingerprint density at radius 1 is 1.22 bits per heavy atom. The molecule has 2 aromatic heterocycles. The first-order valence-electron chi connectivity index (χ1n) is 10.3. The van der Waals surface area contributed by atoms with Crippen molar-refractivity contribution in [3.63, 3.8) is 0 Å². The van der Waals surface area contributed by atoms with Crippen LogP contribution in [0.25, 0.3) is 5.65 Å². The lowest BCUT2D eigenvalue weighted by Crippen LogP contribution is -2.37. The van der Waals surface area contributed by atoms with E-state index in [-0.39, 0.29) is 19.1 Å². The maximum atomic E-state index is 12.8. The van der Waals surface area contributed by atoms with Crippen LogP contribution in [-0.4, -0.2) is 47.1 Å². The van der Waals surface area contributed by atoms with Crippen molar-refractivity contribution in [1.82, 2.24) is 25.2 Å². The summed E-state index contributed by atoms with van der Waals surface area (Å²) in [6.45, 7) is 0.477. The van der Waals surface area contributed by atoms with Crippen molar-refractivity contribution in [2.45, 2.75) is 32.9 Å². The normalized spacial score (nSPS) is 13.1. The Labute approximate surface area is 183 Å². The van der Waals surface area contributed by atoms with Gasteiger partial charge in [0.1, 0.15) is 11.6 Å². The van der Waals surface area contributed by atoms with Crippen LogP contribution < -0.4 is 24.8 Å². The Morgan fingerprint density at radius 3 is 2.88 bits per heavy atom. The molecule has 0 spiro atoms. The highest BCUT2D eigenvalue weighted by Crippen LogP contribution is 2.39. The monoisotopic (exact) mass is 446 g/mol. The molecule has 11 heteroatoms. The van der Waals surface area contributed by atoms with Crippen LogP contribution in [0, 0.1) is 0 Å². The third-order valence-corrected chi connectivity index (χ3v) is 4.78. The van der Waals surface area contributed by atoms with Gasteiger partial charge in [-0.3, -0.25) is 4.40 Å². The van der Waals surface area contributed by atoms with Gasteiger partial charge in [0.2, 0.25) is 6.79 Å². The van der Waals surface area contributed by atoms with E-state index in [9.17, 15) is 8.78 Å². The van der Waals surface area contributed by atoms with Gasteiger partial charge in [0.05, 0.1) is 6.54 Å². The highest BCUT2D eigenvalue weighted by atomic mass is 19.3. The summed E-state index contributed by atoms with van der Waals surface area (Å²) in [5, 5.41) is 14.8. The first-order chi connectivity index (χ1) is 15.6. The predicted molar refractivity (Wildman–Crippen MR) is 113 cm³/mol. The smallest absolute Gasteiger partial charge is 0.387 e. The van der Waals surface area contributed by atoms with Crippen molar-refractivity contribution in [2.24, 2.45) is 4.99 Å². The van der Waals surface area contributed by atoms with Crippen LogP contribution in [-0.2, 0) is 13.0 Å². The number of nitrogens with one attached hydrogen (secondary N) is 2. The second kappa shape index (κ2) is 10.1. The topological polar surface area (TPSA) is 94.3 Å². The van der Waals surface area contributed by atoms with Gasteiger partial charge >= 0.3 is 6.61 Å². The summed E-state index contributed by atoms with van der Waals surface area (Å²) in [5.41, 5.74) is 1.29. The van der Waals surface area contributed by atoms with Gasteiger partial charge in [-0.2, -0.15) is 8.78 Å². The summed E-state index contributed by atoms with van der Waals surface area (Å²) >= 11 is 0. The van der Waals surface area contributed by atoms with Crippen LogP contribution in [0.15, 0.2) is 41.5 Å². The molecule has 3 heterocycles. The molecule has 1 aliphatic heterocycles. The second-order valence-electron chi connectivity index (χ2n) is 6.96. The number of fused-ring (bicyclic) bond motifs is 2. The van der Waals surface area contributed by atoms with Gasteiger partial charge in [0, 0.05) is 37.3 Å². The van der Waals surface area contributed by atoms with Crippen molar-refractivity contribution in [1.29, 1.82) is 0 Å². The molecule has 2 N–H and O–H groups in total. The molecule has 32 heavy (non-hydrogen) atoms. The molecule has 0 unspecified atom stereocenters. The largest absolute Gasteiger partial charge is 0.454 e. The summed E-state index contributed by atoms with van der Waals surface area (Å²) < 4.78 is 42.8. The third-order valence-electron chi connectivity index (χ3n) is 4.78. The van der Waals surface area contributed by atoms with Crippen molar-refractivity contribution >= 4 is 11.6 Å². The van der Waals surface area contributed by atoms with Gasteiger partial charge in [-0.15, -0.1) is 10.2 Å². The fourth-order valence-corrected chi connectivity index (χ4v) is 3.32. The lowest BCUT2D eigenvalue weighted by Gasteiger charge is -2.13. The number of aryl methyl sites for hydroxylation is 1. The molecule has 0 atom stereocenters. The van der Waals surface area contributed by atoms with E-state index in [1.165, 1.54) is 6.07 Å². The fourth-order valence-electron chi connectivity index (χ4n) is 3.32. The summed E-state index contributed by atoms with van der Waals surface area (Å²) in [4.78, 5) is 4.50. The molecule has 1 aliphatic rings. The molecule has 0 bridgehead atoms. The van der Waals surface area contributed by atoms with Crippen LogP contribution in [0.4, 0.5) is 8.78 Å². The number of alkyl halides is 2. The van der Waals surface area contributed by atoms with E-state index in [0.29, 0.717) is 36.1 Å². The van der Waals surface area contributed by atoms with Gasteiger partial charge in [-0.25, -0.2) is 4.99 Å². The summed E-state index contributed by atoms with van der Waals surface area (Å²) in [6.07, 6.45) is 3.49. The number of aliphatic imine (C=N–C) groups is 1. The van der Waals surface area contributed by atoms with Gasteiger partial charge in [-0.05, 0) is 31.5 Å². The molecule has 0 saturated carbocycles. The molecule has 3 aromatic rings. The summed E-state index contributed by atoms with van der Waals surface area (Å²) in [6, 6.07) is 8.79. The van der Waals surface area contributed by atoms with Crippen LogP contribution >= 0.6 is 0 Å². The Morgan fingerprint density at radius 2 is 2.06 bits per heavy atom. The fraction of sp³-hybridized carbons (Fsp3) is 0.381. The second-order valence-corrected chi connectivity index (χ2v) is 6.96. The quantitative estimate of drug-likeness (QED) is 0.297. The third kappa shape index (κ3) is 5.16. The molecule has 170 valence electrons. The van der Waals surface area contributed by atoms with Gasteiger partial charge in [0.25, 0.3) is 0 Å². The molecule has 0 fully saturated rings. The Kier molecular flexibility index (Phi) is 6.83. The van der Waals surface area contributed by atoms with Crippen LogP contribution in [0.3, 0.4) is 0 Å². The Hall–Kier alpha value is -3.63. The molecule has 0 saturated heterocycles. The molecular weight excluding hydrogens is 422 g/mol. The highest BCUT2D eigenvalue weighted by Gasteiger charge is 2.20. The molecule has 1 aromatic carbocycles. The van der Waals surface area contributed by atoms with Crippen molar-refractivity contribution < 1.29 is 23.0 Å². The molecule has 4 rings (SSSR count). The average molecular weight is 446 g/mol. The molecule has 0 amide bonds. The zero-order valence-corrected chi connectivity index (χ0v) is 17.6. The van der Waals surface area contributed by atoms with E-state index in [2.05, 4.69) is 30.6 Å². The summed E-state index contributed by atoms with van der Waals surface area (Å²) in [5.74, 6) is 2.33. The number of guanidine groups is 1. The van der Waals surface area contributed by atoms with Gasteiger partial charge < -0.3 is 24.8 Å². The maximum Gasteiger partial charge on any atom is 0.387 e. The average Bonchev–Trinajstić information content (AvgIpc) is 3.41. The Bertz CT molecular complexity index is 1090. The number of hydrogen-bond acceptors (Lipinski definition) is 6. The van der Waals surface area contributed by atoms with E-state index in [1.807, 2.05) is 35.7 Å². The zero-order chi connectivity index (χ0) is 22.3. The Balaban J connectivity index is 1.37. The van der Waals surface area contributed by atoms with E-state index in [0.717, 1.165) is 24.3 Å².